The molecule has 4 nitrogen and oxygen atoms in total. The van der Waals surface area contributed by atoms with Crippen molar-refractivity contribution in [3.8, 4) is 0 Å². The first-order valence-electron chi connectivity index (χ1n) is 8.75. The summed E-state index contributed by atoms with van der Waals surface area (Å²) < 4.78 is 13.0. The number of likely N-dealkylation sites (tertiary alicyclic amines) is 1. The number of rotatable bonds is 5. The molecular formula is C19H23FN4. The van der Waals surface area contributed by atoms with Gasteiger partial charge in [-0.15, -0.1) is 0 Å². The van der Waals surface area contributed by atoms with Crippen molar-refractivity contribution < 1.29 is 4.39 Å². The third-order valence-electron chi connectivity index (χ3n) is 4.88. The summed E-state index contributed by atoms with van der Waals surface area (Å²) in [5, 5.41) is 3.26. The van der Waals surface area contributed by atoms with Gasteiger partial charge in [-0.05, 0) is 62.9 Å². The lowest BCUT2D eigenvalue weighted by Crippen LogP contribution is -2.23. The zero-order valence-corrected chi connectivity index (χ0v) is 14.0. The molecule has 0 aromatic carbocycles. The number of aromatic nitrogens is 2. The molecule has 1 N–H and O–H groups in total. The van der Waals surface area contributed by atoms with E-state index in [0.29, 0.717) is 11.7 Å². The van der Waals surface area contributed by atoms with E-state index in [0.717, 1.165) is 29.5 Å². The molecule has 2 aromatic heterocycles. The second kappa shape index (κ2) is 6.48. The highest BCUT2D eigenvalue weighted by atomic mass is 19.1. The smallest absolute Gasteiger partial charge is 0.141 e. The molecule has 0 radical (unpaired) electrons. The Balaban J connectivity index is 1.47. The Morgan fingerprint density at radius 1 is 1.25 bits per heavy atom. The zero-order chi connectivity index (χ0) is 16.5. The average Bonchev–Trinajstić information content (AvgIpc) is 3.24. The highest BCUT2D eigenvalue weighted by molar-refractivity contribution is 5.57. The van der Waals surface area contributed by atoms with E-state index in [2.05, 4.69) is 21.3 Å². The number of nitrogens with zero attached hydrogens (tertiary/aromatic N) is 3. The van der Waals surface area contributed by atoms with Crippen molar-refractivity contribution in [3.05, 3.63) is 47.7 Å². The Labute approximate surface area is 142 Å². The Kier molecular flexibility index (Phi) is 4.19. The molecule has 0 spiro atoms. The number of hydrogen-bond acceptors (Lipinski definition) is 4. The highest BCUT2D eigenvalue weighted by Crippen LogP contribution is 2.34. The maximum absolute atomic E-state index is 13.0. The van der Waals surface area contributed by atoms with Crippen LogP contribution >= 0.6 is 0 Å². The first kappa shape index (κ1) is 15.5. The van der Waals surface area contributed by atoms with Gasteiger partial charge in [0, 0.05) is 36.1 Å². The quantitative estimate of drug-likeness (QED) is 0.906. The van der Waals surface area contributed by atoms with Crippen LogP contribution in [-0.4, -0.2) is 34.5 Å². The van der Waals surface area contributed by atoms with Crippen molar-refractivity contribution in [1.82, 2.24) is 14.9 Å². The average molecular weight is 326 g/mol. The second-order valence-electron chi connectivity index (χ2n) is 7.10. The Morgan fingerprint density at radius 3 is 2.88 bits per heavy atom. The van der Waals surface area contributed by atoms with Crippen molar-refractivity contribution >= 4 is 11.5 Å². The van der Waals surface area contributed by atoms with Crippen LogP contribution in [0.1, 0.15) is 36.6 Å². The molecule has 1 saturated heterocycles. The van der Waals surface area contributed by atoms with Crippen LogP contribution in [0, 0.1) is 18.7 Å². The topological polar surface area (TPSA) is 41.1 Å². The van der Waals surface area contributed by atoms with Crippen LogP contribution in [0.25, 0.3) is 0 Å². The van der Waals surface area contributed by atoms with E-state index in [9.17, 15) is 4.39 Å². The van der Waals surface area contributed by atoms with Gasteiger partial charge >= 0.3 is 0 Å². The Hall–Kier alpha value is -2.01. The summed E-state index contributed by atoms with van der Waals surface area (Å²) in [5.41, 5.74) is 3.12. The molecule has 1 aliphatic heterocycles. The van der Waals surface area contributed by atoms with Gasteiger partial charge in [0.05, 0.1) is 6.20 Å². The second-order valence-corrected chi connectivity index (χ2v) is 7.10. The molecule has 24 heavy (non-hydrogen) atoms. The number of aryl methyl sites for hydroxylation is 1. The molecule has 0 unspecified atom stereocenters. The van der Waals surface area contributed by atoms with Crippen LogP contribution in [0.5, 0.6) is 0 Å². The SMILES string of the molecule is Cc1cc(Nc2ccc(F)cn2)cc([C@H]2CCN(CC3CC3)C2)n1. The number of anilines is 2. The standard InChI is InChI=1S/C19H23FN4/c1-13-8-17(23-19-5-4-16(20)10-21-19)9-18(22-13)15-6-7-24(12-15)11-14-2-3-14/h4-5,8-10,14-15H,2-3,6-7,11-12H2,1H3,(H,21,22,23)/t15-/m0/s1. The molecule has 4 rings (SSSR count). The van der Waals surface area contributed by atoms with E-state index in [1.165, 1.54) is 44.6 Å². The molecule has 3 heterocycles. The minimum Gasteiger partial charge on any atom is -0.340 e. The van der Waals surface area contributed by atoms with E-state index in [1.807, 2.05) is 13.0 Å². The summed E-state index contributed by atoms with van der Waals surface area (Å²) in [6, 6.07) is 7.18. The monoisotopic (exact) mass is 326 g/mol. The molecule has 2 fully saturated rings. The van der Waals surface area contributed by atoms with Crippen LogP contribution in [0.4, 0.5) is 15.9 Å². The van der Waals surface area contributed by atoms with Crippen LogP contribution < -0.4 is 5.32 Å². The van der Waals surface area contributed by atoms with Gasteiger partial charge in [-0.1, -0.05) is 0 Å². The van der Waals surface area contributed by atoms with E-state index in [4.69, 9.17) is 4.98 Å². The molecule has 0 amide bonds. The predicted molar refractivity (Wildman–Crippen MR) is 93.0 cm³/mol. The fraction of sp³-hybridized carbons (Fsp3) is 0.474. The molecule has 1 atom stereocenters. The molecule has 1 aliphatic carbocycles. The van der Waals surface area contributed by atoms with E-state index >= 15 is 0 Å². The predicted octanol–water partition coefficient (Wildman–Crippen LogP) is 3.87. The highest BCUT2D eigenvalue weighted by Gasteiger charge is 2.30. The van der Waals surface area contributed by atoms with Crippen molar-refractivity contribution in [3.63, 3.8) is 0 Å². The number of pyridine rings is 2. The lowest BCUT2D eigenvalue weighted by atomic mass is 10.0. The molecule has 5 heteroatoms. The van der Waals surface area contributed by atoms with Gasteiger partial charge in [0.15, 0.2) is 0 Å². The van der Waals surface area contributed by atoms with Gasteiger partial charge in [0.1, 0.15) is 11.6 Å². The lowest BCUT2D eigenvalue weighted by molar-refractivity contribution is 0.320. The third kappa shape index (κ3) is 3.73. The first-order valence-corrected chi connectivity index (χ1v) is 8.75. The van der Waals surface area contributed by atoms with Gasteiger partial charge in [-0.25, -0.2) is 9.37 Å². The largest absolute Gasteiger partial charge is 0.340 e. The molecule has 126 valence electrons. The minimum absolute atomic E-state index is 0.325. The fourth-order valence-corrected chi connectivity index (χ4v) is 3.48. The fourth-order valence-electron chi connectivity index (χ4n) is 3.48. The molecular weight excluding hydrogens is 303 g/mol. The minimum atomic E-state index is -0.325. The van der Waals surface area contributed by atoms with E-state index < -0.39 is 0 Å². The maximum Gasteiger partial charge on any atom is 0.141 e. The van der Waals surface area contributed by atoms with Gasteiger partial charge in [-0.2, -0.15) is 0 Å². The normalized spacial score (nSPS) is 21.2. The number of halogens is 1. The summed E-state index contributed by atoms with van der Waals surface area (Å²) in [6.45, 7) is 5.57. The van der Waals surface area contributed by atoms with Crippen LogP contribution in [-0.2, 0) is 0 Å². The Bertz CT molecular complexity index is 712. The molecule has 0 bridgehead atoms. The molecule has 2 aromatic rings. The summed E-state index contributed by atoms with van der Waals surface area (Å²) in [4.78, 5) is 11.4. The van der Waals surface area contributed by atoms with Crippen LogP contribution in [0.15, 0.2) is 30.5 Å². The first-order chi connectivity index (χ1) is 11.7. The molecule has 1 saturated carbocycles. The van der Waals surface area contributed by atoms with Crippen molar-refractivity contribution in [1.29, 1.82) is 0 Å². The summed E-state index contributed by atoms with van der Waals surface area (Å²) in [6.07, 6.45) is 5.21. The van der Waals surface area contributed by atoms with Gasteiger partial charge in [0.2, 0.25) is 0 Å². The number of hydrogen-bond donors (Lipinski definition) is 1. The summed E-state index contributed by atoms with van der Waals surface area (Å²) in [5.74, 6) is 1.77. The third-order valence-corrected chi connectivity index (χ3v) is 4.88. The van der Waals surface area contributed by atoms with Gasteiger partial charge in [0.25, 0.3) is 0 Å². The Morgan fingerprint density at radius 2 is 2.12 bits per heavy atom. The van der Waals surface area contributed by atoms with Crippen LogP contribution in [0.2, 0.25) is 0 Å². The van der Waals surface area contributed by atoms with Gasteiger partial charge < -0.3 is 10.2 Å². The van der Waals surface area contributed by atoms with E-state index in [-0.39, 0.29) is 5.82 Å². The zero-order valence-electron chi connectivity index (χ0n) is 14.0. The number of nitrogens with one attached hydrogen (secondary N) is 1. The lowest BCUT2D eigenvalue weighted by Gasteiger charge is -2.16. The van der Waals surface area contributed by atoms with Crippen LogP contribution in [0.3, 0.4) is 0 Å². The summed E-state index contributed by atoms with van der Waals surface area (Å²) >= 11 is 0. The maximum atomic E-state index is 13.0. The van der Waals surface area contributed by atoms with E-state index in [1.54, 1.807) is 6.07 Å². The molecule has 2 aliphatic rings. The van der Waals surface area contributed by atoms with Crippen molar-refractivity contribution in [2.24, 2.45) is 5.92 Å². The van der Waals surface area contributed by atoms with Crippen molar-refractivity contribution in [2.75, 3.05) is 25.0 Å². The van der Waals surface area contributed by atoms with Crippen molar-refractivity contribution in [2.45, 2.75) is 32.1 Å². The van der Waals surface area contributed by atoms with Gasteiger partial charge in [-0.3, -0.25) is 4.98 Å². The summed E-state index contributed by atoms with van der Waals surface area (Å²) in [7, 11) is 0.